The van der Waals surface area contributed by atoms with Crippen molar-refractivity contribution in [3.63, 3.8) is 0 Å². The van der Waals surface area contributed by atoms with Crippen molar-refractivity contribution in [3.05, 3.63) is 39.0 Å². The highest BCUT2D eigenvalue weighted by Crippen LogP contribution is 2.30. The number of halogens is 3. The number of pyridine rings is 1. The summed E-state index contributed by atoms with van der Waals surface area (Å²) in [7, 11) is 0. The summed E-state index contributed by atoms with van der Waals surface area (Å²) in [6, 6.07) is 5.27. The van der Waals surface area contributed by atoms with E-state index < -0.39 is 0 Å². The quantitative estimate of drug-likeness (QED) is 0.624. The molecule has 0 atom stereocenters. The molecule has 0 amide bonds. The van der Waals surface area contributed by atoms with Gasteiger partial charge < -0.3 is 0 Å². The van der Waals surface area contributed by atoms with Crippen LogP contribution in [0.2, 0.25) is 15.2 Å². The third-order valence-electron chi connectivity index (χ3n) is 2.09. The second kappa shape index (κ2) is 3.58. The maximum absolute atomic E-state index is 6.02. The van der Waals surface area contributed by atoms with E-state index in [9.17, 15) is 0 Å². The van der Waals surface area contributed by atoms with Gasteiger partial charge in [0.25, 0.3) is 0 Å². The van der Waals surface area contributed by atoms with E-state index in [0.717, 1.165) is 16.5 Å². The minimum absolute atomic E-state index is 0.382. The molecule has 0 saturated heterocycles. The predicted octanol–water partition coefficient (Wildman–Crippen LogP) is 4.50. The molecule has 0 aliphatic carbocycles. The average Bonchev–Trinajstić information content (AvgIpc) is 2.12. The van der Waals surface area contributed by atoms with Crippen LogP contribution in [0, 0.1) is 6.92 Å². The Bertz CT molecular complexity index is 508. The first-order valence-electron chi connectivity index (χ1n) is 4.00. The van der Waals surface area contributed by atoms with Crippen LogP contribution >= 0.6 is 34.8 Å². The van der Waals surface area contributed by atoms with Crippen LogP contribution in [0.4, 0.5) is 0 Å². The summed E-state index contributed by atoms with van der Waals surface area (Å²) in [6.07, 6.45) is 0. The van der Waals surface area contributed by atoms with Gasteiger partial charge in [0.2, 0.25) is 0 Å². The lowest BCUT2D eigenvalue weighted by Gasteiger charge is -2.05. The van der Waals surface area contributed by atoms with E-state index in [2.05, 4.69) is 4.98 Å². The molecule has 1 aromatic carbocycles. The second-order valence-corrected chi connectivity index (χ2v) is 4.20. The maximum Gasteiger partial charge on any atom is 0.131 e. The fraction of sp³-hybridized carbons (Fsp3) is 0.100. The number of rotatable bonds is 0. The van der Waals surface area contributed by atoms with Gasteiger partial charge in [0, 0.05) is 10.4 Å². The Balaban J connectivity index is 2.95. The number of hydrogen-bond donors (Lipinski definition) is 0. The van der Waals surface area contributed by atoms with Gasteiger partial charge in [-0.3, -0.25) is 0 Å². The zero-order valence-electron chi connectivity index (χ0n) is 7.31. The molecule has 0 unspecified atom stereocenters. The van der Waals surface area contributed by atoms with E-state index in [-0.39, 0.29) is 0 Å². The van der Waals surface area contributed by atoms with E-state index in [4.69, 9.17) is 34.8 Å². The molecule has 0 spiro atoms. The lowest BCUT2D eigenvalue weighted by Crippen LogP contribution is -1.86. The van der Waals surface area contributed by atoms with E-state index in [1.54, 1.807) is 12.1 Å². The summed E-state index contributed by atoms with van der Waals surface area (Å²) in [6.45, 7) is 1.89. The molecule has 0 aliphatic rings. The molecular formula is C10H6Cl3N. The highest BCUT2D eigenvalue weighted by atomic mass is 35.5. The van der Waals surface area contributed by atoms with Gasteiger partial charge in [-0.2, -0.15) is 0 Å². The zero-order chi connectivity index (χ0) is 10.3. The molecule has 1 heterocycles. The molecule has 1 aromatic heterocycles. The lowest BCUT2D eigenvalue weighted by atomic mass is 10.1. The van der Waals surface area contributed by atoms with E-state index >= 15 is 0 Å². The van der Waals surface area contributed by atoms with Crippen molar-refractivity contribution in [2.75, 3.05) is 0 Å². The summed E-state index contributed by atoms with van der Waals surface area (Å²) in [5.41, 5.74) is 1.66. The highest BCUT2D eigenvalue weighted by molar-refractivity contribution is 6.38. The third kappa shape index (κ3) is 1.56. The van der Waals surface area contributed by atoms with Gasteiger partial charge >= 0.3 is 0 Å². The number of hydrogen-bond acceptors (Lipinski definition) is 1. The largest absolute Gasteiger partial charge is 0.236 e. The number of aromatic nitrogens is 1. The van der Waals surface area contributed by atoms with Gasteiger partial charge in [-0.25, -0.2) is 4.98 Å². The molecule has 0 fully saturated rings. The van der Waals surface area contributed by atoms with Crippen LogP contribution in [-0.2, 0) is 0 Å². The topological polar surface area (TPSA) is 12.9 Å². The monoisotopic (exact) mass is 245 g/mol. The van der Waals surface area contributed by atoms with Crippen LogP contribution in [0.25, 0.3) is 10.9 Å². The summed E-state index contributed by atoms with van der Waals surface area (Å²) >= 11 is 17.8. The molecule has 1 nitrogen and oxygen atoms in total. The molecule has 0 saturated carbocycles. The molecule has 4 heteroatoms. The Morgan fingerprint density at radius 2 is 1.79 bits per heavy atom. The first-order chi connectivity index (χ1) is 6.59. The maximum atomic E-state index is 6.02. The Morgan fingerprint density at radius 3 is 2.50 bits per heavy atom. The standard InChI is InChI=1S/C10H6Cl3N/c1-5-7(11)3-2-6-8(12)4-9(13)14-10(5)6/h2-4H,1H3. The summed E-state index contributed by atoms with van der Waals surface area (Å²) in [5, 5.41) is 2.52. The molecular weight excluding hydrogens is 240 g/mol. The van der Waals surface area contributed by atoms with Crippen molar-refractivity contribution in [3.8, 4) is 0 Å². The lowest BCUT2D eigenvalue weighted by molar-refractivity contribution is 1.37. The number of nitrogens with zero attached hydrogens (tertiary/aromatic N) is 1. The predicted molar refractivity (Wildman–Crippen MR) is 61.5 cm³/mol. The molecule has 72 valence electrons. The fourth-order valence-electron chi connectivity index (χ4n) is 1.33. The molecule has 0 bridgehead atoms. The first-order valence-corrected chi connectivity index (χ1v) is 5.14. The number of fused-ring (bicyclic) bond motifs is 1. The van der Waals surface area contributed by atoms with Gasteiger partial charge in [0.05, 0.1) is 10.5 Å². The minimum Gasteiger partial charge on any atom is -0.236 e. The van der Waals surface area contributed by atoms with Crippen LogP contribution in [0.5, 0.6) is 0 Å². The molecule has 0 aliphatic heterocycles. The second-order valence-electron chi connectivity index (χ2n) is 3.00. The third-order valence-corrected chi connectivity index (χ3v) is 3.00. The fourth-order valence-corrected chi connectivity index (χ4v) is 1.99. The van der Waals surface area contributed by atoms with Crippen LogP contribution in [0.3, 0.4) is 0 Å². The van der Waals surface area contributed by atoms with Gasteiger partial charge in [-0.15, -0.1) is 0 Å². The van der Waals surface area contributed by atoms with Crippen molar-refractivity contribution in [2.45, 2.75) is 6.92 Å². The van der Waals surface area contributed by atoms with Gasteiger partial charge in [0.15, 0.2) is 0 Å². The Hall–Kier alpha value is -0.500. The van der Waals surface area contributed by atoms with E-state index in [1.165, 1.54) is 0 Å². The van der Waals surface area contributed by atoms with E-state index in [1.807, 2.05) is 13.0 Å². The molecule has 0 N–H and O–H groups in total. The highest BCUT2D eigenvalue weighted by Gasteiger charge is 2.07. The van der Waals surface area contributed by atoms with Crippen molar-refractivity contribution >= 4 is 45.7 Å². The molecule has 2 rings (SSSR count). The average molecular weight is 247 g/mol. The van der Waals surface area contributed by atoms with Crippen LogP contribution < -0.4 is 0 Å². The minimum atomic E-state index is 0.382. The van der Waals surface area contributed by atoms with E-state index in [0.29, 0.717) is 15.2 Å². The van der Waals surface area contributed by atoms with Gasteiger partial charge in [0.1, 0.15) is 5.15 Å². The zero-order valence-corrected chi connectivity index (χ0v) is 9.58. The normalized spacial score (nSPS) is 10.9. The molecule has 14 heavy (non-hydrogen) atoms. The smallest absolute Gasteiger partial charge is 0.131 e. The van der Waals surface area contributed by atoms with Gasteiger partial charge in [-0.05, 0) is 30.7 Å². The SMILES string of the molecule is Cc1c(Cl)ccc2c(Cl)cc(Cl)nc12. The van der Waals surface area contributed by atoms with Crippen LogP contribution in [0.1, 0.15) is 5.56 Å². The van der Waals surface area contributed by atoms with Crippen LogP contribution in [-0.4, -0.2) is 4.98 Å². The van der Waals surface area contributed by atoms with Crippen molar-refractivity contribution in [1.29, 1.82) is 0 Å². The Kier molecular flexibility index (Phi) is 2.56. The van der Waals surface area contributed by atoms with Crippen molar-refractivity contribution in [2.24, 2.45) is 0 Å². The Labute approximate surface area is 96.6 Å². The summed E-state index contributed by atoms with van der Waals surface area (Å²) in [4.78, 5) is 4.19. The van der Waals surface area contributed by atoms with Gasteiger partial charge in [-0.1, -0.05) is 34.8 Å². The summed E-state index contributed by atoms with van der Waals surface area (Å²) < 4.78 is 0. The first kappa shape index (κ1) is 10.0. The Morgan fingerprint density at radius 1 is 1.07 bits per heavy atom. The van der Waals surface area contributed by atoms with Crippen molar-refractivity contribution < 1.29 is 0 Å². The molecule has 2 aromatic rings. The van der Waals surface area contributed by atoms with Crippen LogP contribution in [0.15, 0.2) is 18.2 Å². The molecule has 0 radical (unpaired) electrons. The number of aryl methyl sites for hydroxylation is 1. The summed E-state index contributed by atoms with van der Waals surface area (Å²) in [5.74, 6) is 0. The van der Waals surface area contributed by atoms with Crippen molar-refractivity contribution in [1.82, 2.24) is 4.98 Å². The number of benzene rings is 1.